The number of nitrogens with one attached hydrogen (secondary N) is 3. The molecule has 5 rings (SSSR count). The number of hydrogen-bond acceptors (Lipinski definition) is 4. The first kappa shape index (κ1) is 13.1. The Labute approximate surface area is 134 Å². The van der Waals surface area contributed by atoms with Crippen LogP contribution in [0.5, 0.6) is 0 Å². The van der Waals surface area contributed by atoms with Crippen LogP contribution >= 0.6 is 0 Å². The van der Waals surface area contributed by atoms with Gasteiger partial charge in [-0.05, 0) is 32.4 Å². The monoisotopic (exact) mass is 308 g/mol. The molecule has 3 aromatic rings. The Balaban J connectivity index is 1.62. The average Bonchev–Trinajstić information content (AvgIpc) is 3.22. The van der Waals surface area contributed by atoms with E-state index in [4.69, 9.17) is 0 Å². The number of rotatable bonds is 2. The zero-order valence-corrected chi connectivity index (χ0v) is 13.2. The first-order chi connectivity index (χ1) is 11.2. The molecule has 23 heavy (non-hydrogen) atoms. The van der Waals surface area contributed by atoms with E-state index in [1.807, 2.05) is 25.5 Å². The van der Waals surface area contributed by atoms with Gasteiger partial charge in [0.1, 0.15) is 11.5 Å². The van der Waals surface area contributed by atoms with Crippen LogP contribution in [-0.4, -0.2) is 45.1 Å². The van der Waals surface area contributed by atoms with Crippen LogP contribution in [0, 0.1) is 6.92 Å². The summed E-state index contributed by atoms with van der Waals surface area (Å²) in [7, 11) is 0. The normalized spacial score (nSPS) is 23.8. The Morgan fingerprint density at radius 1 is 1.26 bits per heavy atom. The van der Waals surface area contributed by atoms with Gasteiger partial charge in [0.15, 0.2) is 0 Å². The first-order valence-electron chi connectivity index (χ1n) is 8.22. The highest BCUT2D eigenvalue weighted by Gasteiger charge is 2.43. The van der Waals surface area contributed by atoms with Gasteiger partial charge in [0.05, 0.1) is 11.1 Å². The molecule has 2 aliphatic rings. The second-order valence-corrected chi connectivity index (χ2v) is 6.80. The molecule has 2 aliphatic heterocycles. The van der Waals surface area contributed by atoms with E-state index < -0.39 is 0 Å². The fourth-order valence-electron chi connectivity index (χ4n) is 3.94. The van der Waals surface area contributed by atoms with Crippen molar-refractivity contribution in [1.82, 2.24) is 25.3 Å². The van der Waals surface area contributed by atoms with Gasteiger partial charge in [-0.15, -0.1) is 0 Å². The number of aromatic amines is 2. The fraction of sp³-hybridized carbons (Fsp3) is 0.412. The molecule has 3 aromatic heterocycles. The Bertz CT molecular complexity index is 872. The number of H-pyrrole nitrogens is 2. The van der Waals surface area contributed by atoms with Crippen LogP contribution in [-0.2, 0) is 0 Å². The number of imidazole rings is 1. The maximum atomic E-state index is 4.50. The quantitative estimate of drug-likeness (QED) is 0.678. The van der Waals surface area contributed by atoms with Crippen molar-refractivity contribution in [2.75, 3.05) is 24.5 Å². The van der Waals surface area contributed by atoms with E-state index in [9.17, 15) is 0 Å². The average molecular weight is 308 g/mol. The van der Waals surface area contributed by atoms with Crippen LogP contribution < -0.4 is 10.2 Å². The van der Waals surface area contributed by atoms with E-state index >= 15 is 0 Å². The van der Waals surface area contributed by atoms with E-state index in [-0.39, 0.29) is 0 Å². The molecule has 2 saturated heterocycles. The van der Waals surface area contributed by atoms with Crippen LogP contribution in [0.1, 0.15) is 18.5 Å². The highest BCUT2D eigenvalue weighted by atomic mass is 15.2. The largest absolute Gasteiger partial charge is 0.369 e. The summed E-state index contributed by atoms with van der Waals surface area (Å²) in [5, 5.41) is 4.79. The predicted molar refractivity (Wildman–Crippen MR) is 90.6 cm³/mol. The molecule has 118 valence electrons. The topological polar surface area (TPSA) is 72.6 Å². The van der Waals surface area contributed by atoms with Crippen molar-refractivity contribution in [1.29, 1.82) is 0 Å². The lowest BCUT2D eigenvalue weighted by atomic mass is 9.87. The van der Waals surface area contributed by atoms with Crippen LogP contribution in [0.3, 0.4) is 0 Å². The van der Waals surface area contributed by atoms with Crippen molar-refractivity contribution in [2.24, 2.45) is 0 Å². The van der Waals surface area contributed by atoms with Gasteiger partial charge in [-0.1, -0.05) is 0 Å². The molecule has 0 saturated carbocycles. The molecule has 0 aromatic carbocycles. The van der Waals surface area contributed by atoms with Crippen molar-refractivity contribution >= 4 is 16.7 Å². The van der Waals surface area contributed by atoms with Gasteiger partial charge in [0, 0.05) is 48.5 Å². The molecule has 0 radical (unpaired) electrons. The predicted octanol–water partition coefficient (Wildman–Crippen LogP) is 2.20. The summed E-state index contributed by atoms with van der Waals surface area (Å²) in [5.74, 6) is 0.902. The minimum Gasteiger partial charge on any atom is -0.369 e. The molecule has 3 N–H and O–H groups in total. The second-order valence-electron chi connectivity index (χ2n) is 6.80. The lowest BCUT2D eigenvalue weighted by Gasteiger charge is -2.40. The number of aryl methyl sites for hydroxylation is 1. The summed E-state index contributed by atoms with van der Waals surface area (Å²) in [6.45, 7) is 5.35. The molecule has 5 heterocycles. The highest BCUT2D eigenvalue weighted by molar-refractivity contribution is 6.01. The maximum Gasteiger partial charge on any atom is 0.140 e. The molecule has 1 atom stereocenters. The molecule has 6 nitrogen and oxygen atoms in total. The van der Waals surface area contributed by atoms with E-state index in [1.165, 1.54) is 23.9 Å². The van der Waals surface area contributed by atoms with Crippen molar-refractivity contribution in [3.8, 4) is 11.4 Å². The summed E-state index contributed by atoms with van der Waals surface area (Å²) in [6, 6.07) is 2.13. The van der Waals surface area contributed by atoms with E-state index in [0.717, 1.165) is 42.4 Å². The van der Waals surface area contributed by atoms with Gasteiger partial charge >= 0.3 is 0 Å². The Morgan fingerprint density at radius 3 is 2.87 bits per heavy atom. The lowest BCUT2D eigenvalue weighted by molar-refractivity contribution is 0.235. The minimum atomic E-state index is 0.341. The summed E-state index contributed by atoms with van der Waals surface area (Å²) in [5.41, 5.74) is 4.69. The van der Waals surface area contributed by atoms with Crippen LogP contribution in [0.15, 0.2) is 24.7 Å². The van der Waals surface area contributed by atoms with Crippen molar-refractivity contribution < 1.29 is 0 Å². The van der Waals surface area contributed by atoms with Crippen LogP contribution in [0.2, 0.25) is 0 Å². The van der Waals surface area contributed by atoms with Crippen molar-refractivity contribution in [2.45, 2.75) is 25.3 Å². The standard InChI is InChI=1S/C17H20N6/c1-11-8-19-15(22-11)12-9-20-16-14(12)13(2-5-18-16)23-7-4-17(10-23)3-6-21-17/h2,5,8-9,21H,3-4,6-7,10H2,1H3,(H,18,20)(H,19,22). The van der Waals surface area contributed by atoms with E-state index in [1.54, 1.807) is 0 Å². The third kappa shape index (κ3) is 1.91. The fourth-order valence-corrected chi connectivity index (χ4v) is 3.94. The molecule has 6 heteroatoms. The number of nitrogens with zero attached hydrogens (tertiary/aromatic N) is 3. The van der Waals surface area contributed by atoms with Gasteiger partial charge in [0.25, 0.3) is 0 Å². The third-order valence-electron chi connectivity index (χ3n) is 5.31. The number of anilines is 1. The molecule has 2 fully saturated rings. The van der Waals surface area contributed by atoms with E-state index in [0.29, 0.717) is 5.54 Å². The molecule has 0 amide bonds. The summed E-state index contributed by atoms with van der Waals surface area (Å²) in [6.07, 6.45) is 8.27. The molecular formula is C17H20N6. The minimum absolute atomic E-state index is 0.341. The Morgan fingerprint density at radius 2 is 2.17 bits per heavy atom. The Hall–Kier alpha value is -2.34. The van der Waals surface area contributed by atoms with Crippen molar-refractivity contribution in [3.05, 3.63) is 30.4 Å². The van der Waals surface area contributed by atoms with E-state index in [2.05, 4.69) is 36.2 Å². The number of hydrogen-bond donors (Lipinski definition) is 3. The zero-order chi connectivity index (χ0) is 15.4. The second kappa shape index (κ2) is 4.58. The maximum absolute atomic E-state index is 4.50. The summed E-state index contributed by atoms with van der Waals surface area (Å²) < 4.78 is 0. The van der Waals surface area contributed by atoms with Gasteiger partial charge < -0.3 is 20.2 Å². The number of pyridine rings is 1. The molecule has 1 unspecified atom stereocenters. The molecule has 0 aliphatic carbocycles. The van der Waals surface area contributed by atoms with Crippen LogP contribution in [0.4, 0.5) is 5.69 Å². The SMILES string of the molecule is Cc1cnc(-c2c[nH]c3nccc(N4CCC5(CCN5)C4)c23)[nH]1. The summed E-state index contributed by atoms with van der Waals surface area (Å²) >= 11 is 0. The van der Waals surface area contributed by atoms with Gasteiger partial charge in [-0.25, -0.2) is 9.97 Å². The highest BCUT2D eigenvalue weighted by Crippen LogP contribution is 2.38. The molecule has 1 spiro atoms. The smallest absolute Gasteiger partial charge is 0.140 e. The summed E-state index contributed by atoms with van der Waals surface area (Å²) in [4.78, 5) is 18.1. The zero-order valence-electron chi connectivity index (χ0n) is 13.2. The molecule has 0 bridgehead atoms. The number of fused-ring (bicyclic) bond motifs is 1. The molecular weight excluding hydrogens is 288 g/mol. The van der Waals surface area contributed by atoms with Crippen LogP contribution in [0.25, 0.3) is 22.4 Å². The van der Waals surface area contributed by atoms with Gasteiger partial charge in [-0.2, -0.15) is 0 Å². The lowest BCUT2D eigenvalue weighted by Crippen LogP contribution is -2.58. The first-order valence-corrected chi connectivity index (χ1v) is 8.22. The Kier molecular flexibility index (Phi) is 2.61. The van der Waals surface area contributed by atoms with Gasteiger partial charge in [0.2, 0.25) is 0 Å². The van der Waals surface area contributed by atoms with Crippen molar-refractivity contribution in [3.63, 3.8) is 0 Å². The third-order valence-corrected chi connectivity index (χ3v) is 5.31. The number of aromatic nitrogens is 4. The van der Waals surface area contributed by atoms with Gasteiger partial charge in [-0.3, -0.25) is 0 Å².